The first-order valence-corrected chi connectivity index (χ1v) is 11.2. The molecule has 0 unspecified atom stereocenters. The van der Waals surface area contributed by atoms with E-state index in [1.54, 1.807) is 30.3 Å². The van der Waals surface area contributed by atoms with Gasteiger partial charge in [0.05, 0.1) is 10.9 Å². The average Bonchev–Trinajstić information content (AvgIpc) is 3.39. The van der Waals surface area contributed by atoms with Crippen LogP contribution in [-0.4, -0.2) is 32.5 Å². The molecule has 0 bridgehead atoms. The number of aromatic nitrogens is 3. The number of thiophene rings is 1. The van der Waals surface area contributed by atoms with Gasteiger partial charge in [-0.15, -0.1) is 16.4 Å². The molecule has 4 rings (SSSR count). The van der Waals surface area contributed by atoms with E-state index >= 15 is 0 Å². The van der Waals surface area contributed by atoms with Crippen LogP contribution in [0.5, 0.6) is 0 Å². The standard InChI is InChI=1S/C23H23FN6O2S/c1-12(2)26-21(31)18-8-15(10-20-28-23(25)29-30(18)20)16-9-19(33-11-16)22(32)27-13(3)14-4-6-17(24)7-5-14/h4-13H,1-3H3,(H2,25,29)(H,26,31)(H,27,32)/t13-/m0/s1. The van der Waals surface area contributed by atoms with Crippen LogP contribution in [0.3, 0.4) is 0 Å². The fourth-order valence-corrected chi connectivity index (χ4v) is 4.19. The van der Waals surface area contributed by atoms with E-state index in [0.717, 1.165) is 11.1 Å². The van der Waals surface area contributed by atoms with Gasteiger partial charge in [0.2, 0.25) is 5.95 Å². The van der Waals surface area contributed by atoms with E-state index in [0.29, 0.717) is 21.8 Å². The highest BCUT2D eigenvalue weighted by Crippen LogP contribution is 2.28. The van der Waals surface area contributed by atoms with Crippen molar-refractivity contribution in [2.45, 2.75) is 32.9 Å². The number of fused-ring (bicyclic) bond motifs is 1. The van der Waals surface area contributed by atoms with E-state index in [1.807, 2.05) is 26.2 Å². The maximum absolute atomic E-state index is 13.2. The molecule has 0 aliphatic heterocycles. The first-order chi connectivity index (χ1) is 15.7. The van der Waals surface area contributed by atoms with Crippen LogP contribution in [0.25, 0.3) is 16.8 Å². The van der Waals surface area contributed by atoms with E-state index in [4.69, 9.17) is 5.73 Å². The van der Waals surface area contributed by atoms with Gasteiger partial charge in [-0.1, -0.05) is 12.1 Å². The molecule has 0 saturated heterocycles. The number of hydrogen-bond acceptors (Lipinski definition) is 6. The molecule has 33 heavy (non-hydrogen) atoms. The number of rotatable bonds is 6. The lowest BCUT2D eigenvalue weighted by Crippen LogP contribution is -2.31. The molecule has 0 fully saturated rings. The van der Waals surface area contributed by atoms with Crippen molar-refractivity contribution in [2.24, 2.45) is 0 Å². The van der Waals surface area contributed by atoms with Gasteiger partial charge in [-0.3, -0.25) is 9.59 Å². The van der Waals surface area contributed by atoms with Crippen LogP contribution < -0.4 is 16.4 Å². The Kier molecular flexibility index (Phi) is 6.10. The molecule has 3 heterocycles. The van der Waals surface area contributed by atoms with Gasteiger partial charge in [-0.05, 0) is 73.2 Å². The van der Waals surface area contributed by atoms with Crippen molar-refractivity contribution in [2.75, 3.05) is 5.73 Å². The van der Waals surface area contributed by atoms with E-state index in [9.17, 15) is 14.0 Å². The van der Waals surface area contributed by atoms with Crippen molar-refractivity contribution in [3.63, 3.8) is 0 Å². The number of amides is 2. The van der Waals surface area contributed by atoms with Gasteiger partial charge in [0, 0.05) is 6.04 Å². The van der Waals surface area contributed by atoms with Crippen molar-refractivity contribution >= 4 is 34.7 Å². The third kappa shape index (κ3) is 4.85. The van der Waals surface area contributed by atoms with E-state index in [2.05, 4.69) is 20.7 Å². The number of nitrogens with two attached hydrogens (primary N) is 1. The zero-order valence-corrected chi connectivity index (χ0v) is 19.1. The number of pyridine rings is 1. The van der Waals surface area contributed by atoms with Crippen molar-refractivity contribution in [1.29, 1.82) is 0 Å². The zero-order chi connectivity index (χ0) is 23.7. The molecule has 8 nitrogen and oxygen atoms in total. The number of nitrogens with zero attached hydrogens (tertiary/aromatic N) is 3. The first kappa shape index (κ1) is 22.4. The Bertz CT molecular complexity index is 1330. The van der Waals surface area contributed by atoms with Gasteiger partial charge in [0.1, 0.15) is 11.5 Å². The molecular formula is C23H23FN6O2S. The highest BCUT2D eigenvalue weighted by molar-refractivity contribution is 7.12. The number of halogens is 1. The summed E-state index contributed by atoms with van der Waals surface area (Å²) in [7, 11) is 0. The number of carbonyl (C=O) groups is 2. The summed E-state index contributed by atoms with van der Waals surface area (Å²) in [5.74, 6) is -0.810. The number of carbonyl (C=O) groups excluding carboxylic acids is 2. The van der Waals surface area contributed by atoms with Gasteiger partial charge in [0.25, 0.3) is 11.8 Å². The second-order valence-corrected chi connectivity index (χ2v) is 8.85. The molecule has 0 spiro atoms. The third-order valence-electron chi connectivity index (χ3n) is 4.98. The maximum Gasteiger partial charge on any atom is 0.270 e. The summed E-state index contributed by atoms with van der Waals surface area (Å²) in [6, 6.07) is 10.9. The number of anilines is 1. The number of nitrogens with one attached hydrogen (secondary N) is 2. The van der Waals surface area contributed by atoms with Crippen molar-refractivity contribution in [3.05, 3.63) is 69.8 Å². The van der Waals surface area contributed by atoms with Crippen molar-refractivity contribution in [3.8, 4) is 11.1 Å². The minimum atomic E-state index is -0.326. The maximum atomic E-state index is 13.2. The SMILES string of the molecule is CC(C)NC(=O)c1cc(-c2csc(C(=O)N[C@@H](C)c3ccc(F)cc3)c2)cc2nc(N)nn12. The van der Waals surface area contributed by atoms with Gasteiger partial charge >= 0.3 is 0 Å². The normalized spacial score (nSPS) is 12.2. The predicted octanol–water partition coefficient (Wildman–Crippen LogP) is 3.81. The van der Waals surface area contributed by atoms with Crippen LogP contribution in [0, 0.1) is 5.82 Å². The van der Waals surface area contributed by atoms with E-state index in [-0.39, 0.29) is 35.7 Å². The highest BCUT2D eigenvalue weighted by atomic mass is 32.1. The Morgan fingerprint density at radius 1 is 1.03 bits per heavy atom. The van der Waals surface area contributed by atoms with Gasteiger partial charge < -0.3 is 16.4 Å². The van der Waals surface area contributed by atoms with E-state index in [1.165, 1.54) is 28.0 Å². The molecule has 0 radical (unpaired) electrons. The summed E-state index contributed by atoms with van der Waals surface area (Å²) >= 11 is 1.29. The summed E-state index contributed by atoms with van der Waals surface area (Å²) in [5.41, 5.74) is 8.76. The van der Waals surface area contributed by atoms with Gasteiger partial charge in [-0.25, -0.2) is 8.91 Å². The fourth-order valence-electron chi connectivity index (χ4n) is 3.37. The van der Waals surface area contributed by atoms with Gasteiger partial charge in [-0.2, -0.15) is 4.98 Å². The lowest BCUT2D eigenvalue weighted by molar-refractivity contribution is 0.0930. The monoisotopic (exact) mass is 466 g/mol. The molecule has 1 atom stereocenters. The molecule has 4 aromatic rings. The van der Waals surface area contributed by atoms with Gasteiger partial charge in [0.15, 0.2) is 5.65 Å². The molecule has 4 N–H and O–H groups in total. The molecule has 10 heteroatoms. The Labute approximate surface area is 193 Å². The summed E-state index contributed by atoms with van der Waals surface area (Å²) in [6.07, 6.45) is 0. The third-order valence-corrected chi connectivity index (χ3v) is 5.91. The molecule has 0 saturated carbocycles. The molecule has 0 aliphatic rings. The minimum Gasteiger partial charge on any atom is -0.366 e. The van der Waals surface area contributed by atoms with Crippen LogP contribution >= 0.6 is 11.3 Å². The average molecular weight is 467 g/mol. The second-order valence-electron chi connectivity index (χ2n) is 7.94. The van der Waals surface area contributed by atoms with Crippen molar-refractivity contribution < 1.29 is 14.0 Å². The smallest absolute Gasteiger partial charge is 0.270 e. The Hall–Kier alpha value is -3.79. The summed E-state index contributed by atoms with van der Waals surface area (Å²) < 4.78 is 14.6. The zero-order valence-electron chi connectivity index (χ0n) is 18.3. The highest BCUT2D eigenvalue weighted by Gasteiger charge is 2.19. The summed E-state index contributed by atoms with van der Waals surface area (Å²) in [6.45, 7) is 5.57. The lowest BCUT2D eigenvalue weighted by Gasteiger charge is -2.13. The number of hydrogen-bond donors (Lipinski definition) is 3. The molecule has 3 aromatic heterocycles. The Morgan fingerprint density at radius 3 is 2.45 bits per heavy atom. The van der Waals surface area contributed by atoms with E-state index < -0.39 is 0 Å². The second kappa shape index (κ2) is 8.99. The van der Waals surface area contributed by atoms with Crippen molar-refractivity contribution in [1.82, 2.24) is 25.2 Å². The molecular weight excluding hydrogens is 443 g/mol. The first-order valence-electron chi connectivity index (χ1n) is 10.3. The molecule has 170 valence electrons. The number of nitrogen functional groups attached to an aromatic ring is 1. The topological polar surface area (TPSA) is 114 Å². The van der Waals surface area contributed by atoms with Crippen LogP contribution in [0.2, 0.25) is 0 Å². The van der Waals surface area contributed by atoms with Crippen LogP contribution in [0.4, 0.5) is 10.3 Å². The predicted molar refractivity (Wildman–Crippen MR) is 126 cm³/mol. The summed E-state index contributed by atoms with van der Waals surface area (Å²) in [5, 5.41) is 11.7. The fraction of sp³-hybridized carbons (Fsp3) is 0.217. The lowest BCUT2D eigenvalue weighted by atomic mass is 10.1. The quantitative estimate of drug-likeness (QED) is 0.400. The summed E-state index contributed by atoms with van der Waals surface area (Å²) in [4.78, 5) is 30.2. The Morgan fingerprint density at radius 2 is 1.76 bits per heavy atom. The molecule has 0 aliphatic carbocycles. The molecule has 1 aromatic carbocycles. The van der Waals surface area contributed by atoms with Crippen LogP contribution in [0.15, 0.2) is 47.8 Å². The van der Waals surface area contributed by atoms with Crippen LogP contribution in [0.1, 0.15) is 52.5 Å². The Balaban J connectivity index is 1.61. The van der Waals surface area contributed by atoms with Crippen LogP contribution in [-0.2, 0) is 0 Å². The minimum absolute atomic E-state index is 0.0587. The number of benzene rings is 1. The largest absolute Gasteiger partial charge is 0.366 e. The molecule has 2 amide bonds.